The molecule has 0 aliphatic rings. The highest BCUT2D eigenvalue weighted by Crippen LogP contribution is 2.11. The molecular weight excluding hydrogens is 322 g/mol. The third kappa shape index (κ3) is 3.62. The van der Waals surface area contributed by atoms with Crippen molar-refractivity contribution >= 4 is 31.0 Å². The van der Waals surface area contributed by atoms with Gasteiger partial charge in [0.05, 0.1) is 5.75 Å². The molecule has 0 fully saturated rings. The minimum absolute atomic E-state index is 0.0124. The van der Waals surface area contributed by atoms with Crippen LogP contribution in [-0.4, -0.2) is 47.9 Å². The molecule has 0 radical (unpaired) electrons. The number of sulfone groups is 1. The van der Waals surface area contributed by atoms with E-state index in [2.05, 4.69) is 9.97 Å². The molecule has 0 unspecified atom stereocenters. The third-order valence-electron chi connectivity index (χ3n) is 2.61. The molecule has 9 nitrogen and oxygen atoms in total. The lowest BCUT2D eigenvalue weighted by molar-refractivity contribution is 0.478. The van der Waals surface area contributed by atoms with Crippen molar-refractivity contribution in [2.24, 2.45) is 0 Å². The summed E-state index contributed by atoms with van der Waals surface area (Å²) in [6.07, 6.45) is 2.14. The van der Waals surface area contributed by atoms with Gasteiger partial charge in [-0.1, -0.05) is 0 Å². The molecule has 0 saturated heterocycles. The van der Waals surface area contributed by atoms with Crippen LogP contribution in [0.1, 0.15) is 0 Å². The Bertz CT molecular complexity index is 962. The molecule has 1 N–H and O–H groups in total. The summed E-state index contributed by atoms with van der Waals surface area (Å²) in [5.74, 6) is -0.690. The standard InChI is InChI=1S/C10H11N3O6S2/c1-20(15,16)10-11-6-7-2-3-8(14)13(9(7)12-10)4-5-21(17,18)19/h2-3,6H,4-5H2,1H3,(H,17,18,19). The maximum absolute atomic E-state index is 11.8. The van der Waals surface area contributed by atoms with E-state index < -0.39 is 36.4 Å². The fourth-order valence-electron chi connectivity index (χ4n) is 1.66. The van der Waals surface area contributed by atoms with Gasteiger partial charge in [0.15, 0.2) is 0 Å². The molecule has 2 aromatic heterocycles. The Hall–Kier alpha value is -1.85. The molecular formula is C10H11N3O6S2. The molecule has 0 aromatic carbocycles. The van der Waals surface area contributed by atoms with Crippen LogP contribution in [0.2, 0.25) is 0 Å². The van der Waals surface area contributed by atoms with Crippen LogP contribution in [0.4, 0.5) is 0 Å². The fourth-order valence-corrected chi connectivity index (χ4v) is 2.57. The van der Waals surface area contributed by atoms with Gasteiger partial charge < -0.3 is 0 Å². The molecule has 11 heteroatoms. The first-order valence-corrected chi connectivity index (χ1v) is 9.10. The Morgan fingerprint density at radius 1 is 1.24 bits per heavy atom. The number of fused-ring (bicyclic) bond motifs is 1. The molecule has 0 spiro atoms. The lowest BCUT2D eigenvalue weighted by Crippen LogP contribution is -2.24. The van der Waals surface area contributed by atoms with Gasteiger partial charge in [-0.25, -0.2) is 13.4 Å². The van der Waals surface area contributed by atoms with E-state index in [-0.39, 0.29) is 12.2 Å². The zero-order chi connectivity index (χ0) is 15.8. The quantitative estimate of drug-likeness (QED) is 0.560. The predicted molar refractivity (Wildman–Crippen MR) is 73.3 cm³/mol. The Labute approximate surface area is 119 Å². The maximum Gasteiger partial charge on any atom is 0.266 e. The minimum Gasteiger partial charge on any atom is -0.291 e. The highest BCUT2D eigenvalue weighted by atomic mass is 32.2. The van der Waals surface area contributed by atoms with E-state index in [1.54, 1.807) is 0 Å². The SMILES string of the molecule is CS(=O)(=O)c1ncc2ccc(=O)n(CCS(=O)(=O)O)c2n1. The zero-order valence-electron chi connectivity index (χ0n) is 10.8. The van der Waals surface area contributed by atoms with Crippen molar-refractivity contribution in [1.29, 1.82) is 0 Å². The van der Waals surface area contributed by atoms with Crippen LogP contribution < -0.4 is 5.56 Å². The lowest BCUT2D eigenvalue weighted by atomic mass is 10.3. The molecule has 114 valence electrons. The topological polar surface area (TPSA) is 136 Å². The number of nitrogens with zero attached hydrogens (tertiary/aromatic N) is 3. The second kappa shape index (κ2) is 5.16. The van der Waals surface area contributed by atoms with Crippen LogP contribution in [0.5, 0.6) is 0 Å². The van der Waals surface area contributed by atoms with Gasteiger partial charge in [-0.3, -0.25) is 13.9 Å². The number of aryl methyl sites for hydroxylation is 1. The van der Waals surface area contributed by atoms with Crippen LogP contribution in [0.15, 0.2) is 28.3 Å². The van der Waals surface area contributed by atoms with E-state index in [1.165, 1.54) is 18.3 Å². The molecule has 0 aliphatic carbocycles. The summed E-state index contributed by atoms with van der Waals surface area (Å²) in [5, 5.41) is -0.0986. The summed E-state index contributed by atoms with van der Waals surface area (Å²) in [7, 11) is -7.94. The van der Waals surface area contributed by atoms with Gasteiger partial charge in [0, 0.05) is 30.4 Å². The van der Waals surface area contributed by atoms with Crippen molar-refractivity contribution in [3.8, 4) is 0 Å². The van der Waals surface area contributed by atoms with Gasteiger partial charge in [-0.15, -0.1) is 0 Å². The summed E-state index contributed by atoms with van der Waals surface area (Å²) in [5.41, 5.74) is -0.578. The van der Waals surface area contributed by atoms with Crippen molar-refractivity contribution in [3.05, 3.63) is 28.7 Å². The van der Waals surface area contributed by atoms with Crippen LogP contribution >= 0.6 is 0 Å². The van der Waals surface area contributed by atoms with E-state index in [0.717, 1.165) is 10.8 Å². The molecule has 0 amide bonds. The average molecular weight is 333 g/mol. The van der Waals surface area contributed by atoms with Crippen LogP contribution in [-0.2, 0) is 26.5 Å². The van der Waals surface area contributed by atoms with Gasteiger partial charge >= 0.3 is 0 Å². The molecule has 21 heavy (non-hydrogen) atoms. The van der Waals surface area contributed by atoms with Crippen molar-refractivity contribution in [1.82, 2.24) is 14.5 Å². The summed E-state index contributed by atoms with van der Waals surface area (Å²) in [6.45, 7) is -0.352. The first-order chi connectivity index (χ1) is 9.58. The summed E-state index contributed by atoms with van der Waals surface area (Å²) in [4.78, 5) is 19.3. The van der Waals surface area contributed by atoms with Crippen molar-refractivity contribution < 1.29 is 21.4 Å². The first kappa shape index (κ1) is 15.5. The van der Waals surface area contributed by atoms with Gasteiger partial charge in [-0.2, -0.15) is 13.4 Å². The largest absolute Gasteiger partial charge is 0.291 e. The normalized spacial score (nSPS) is 12.7. The minimum atomic E-state index is -4.27. The zero-order valence-corrected chi connectivity index (χ0v) is 12.4. The molecule has 0 aliphatic heterocycles. The van der Waals surface area contributed by atoms with Crippen molar-refractivity contribution in [2.45, 2.75) is 11.7 Å². The van der Waals surface area contributed by atoms with Gasteiger partial charge in [0.1, 0.15) is 5.65 Å². The van der Waals surface area contributed by atoms with Gasteiger partial charge in [0.25, 0.3) is 15.7 Å². The van der Waals surface area contributed by atoms with E-state index >= 15 is 0 Å². The van der Waals surface area contributed by atoms with Crippen LogP contribution in [0.3, 0.4) is 0 Å². The van der Waals surface area contributed by atoms with E-state index in [4.69, 9.17) is 4.55 Å². The average Bonchev–Trinajstić information content (AvgIpc) is 2.34. The monoisotopic (exact) mass is 333 g/mol. The van der Waals surface area contributed by atoms with Gasteiger partial charge in [-0.05, 0) is 6.07 Å². The molecule has 2 aromatic rings. The second-order valence-electron chi connectivity index (χ2n) is 4.31. The predicted octanol–water partition coefficient (Wildman–Crippen LogP) is -0.917. The smallest absolute Gasteiger partial charge is 0.266 e. The Kier molecular flexibility index (Phi) is 3.82. The second-order valence-corrected chi connectivity index (χ2v) is 7.79. The number of rotatable bonds is 4. The number of pyridine rings is 1. The van der Waals surface area contributed by atoms with Crippen molar-refractivity contribution in [3.63, 3.8) is 0 Å². The molecule has 0 saturated carbocycles. The van der Waals surface area contributed by atoms with Crippen molar-refractivity contribution in [2.75, 3.05) is 12.0 Å². The fraction of sp³-hybridized carbons (Fsp3) is 0.300. The lowest BCUT2D eigenvalue weighted by Gasteiger charge is -2.08. The molecule has 0 atom stereocenters. The highest BCUT2D eigenvalue weighted by molar-refractivity contribution is 7.90. The summed E-state index contributed by atoms with van der Waals surface area (Å²) >= 11 is 0. The molecule has 2 heterocycles. The molecule has 0 bridgehead atoms. The van der Waals surface area contributed by atoms with Gasteiger partial charge in [0.2, 0.25) is 15.0 Å². The third-order valence-corrected chi connectivity index (χ3v) is 4.16. The highest BCUT2D eigenvalue weighted by Gasteiger charge is 2.15. The molecule has 2 rings (SSSR count). The first-order valence-electron chi connectivity index (χ1n) is 5.60. The number of hydrogen-bond donors (Lipinski definition) is 1. The maximum atomic E-state index is 11.8. The number of hydrogen-bond acceptors (Lipinski definition) is 7. The van der Waals surface area contributed by atoms with Crippen LogP contribution in [0, 0.1) is 0 Å². The van der Waals surface area contributed by atoms with E-state index in [9.17, 15) is 21.6 Å². The van der Waals surface area contributed by atoms with E-state index in [1.807, 2.05) is 0 Å². The Morgan fingerprint density at radius 3 is 2.48 bits per heavy atom. The summed E-state index contributed by atoms with van der Waals surface area (Å²) < 4.78 is 54.2. The van der Waals surface area contributed by atoms with E-state index in [0.29, 0.717) is 5.39 Å². The number of aromatic nitrogens is 3. The van der Waals surface area contributed by atoms with Crippen LogP contribution in [0.25, 0.3) is 11.0 Å². The Balaban J connectivity index is 2.67. The summed E-state index contributed by atoms with van der Waals surface area (Å²) in [6, 6.07) is 2.57. The Morgan fingerprint density at radius 2 is 1.90 bits per heavy atom.